The number of esters is 1. The van der Waals surface area contributed by atoms with Crippen LogP contribution in [-0.4, -0.2) is 33.3 Å². The lowest BCUT2D eigenvalue weighted by Crippen LogP contribution is -2.34. The predicted octanol–water partition coefficient (Wildman–Crippen LogP) is 0.483. The highest BCUT2D eigenvalue weighted by atomic mass is 35.5. The van der Waals surface area contributed by atoms with Crippen LogP contribution >= 0.6 is 11.6 Å². The van der Waals surface area contributed by atoms with Gasteiger partial charge in [0.15, 0.2) is 5.00 Å². The average Bonchev–Trinajstić information content (AvgIpc) is 2.92. The summed E-state index contributed by atoms with van der Waals surface area (Å²) in [5.41, 5.74) is 0. The summed E-state index contributed by atoms with van der Waals surface area (Å²) in [6, 6.07) is 0. The van der Waals surface area contributed by atoms with Crippen LogP contribution in [0.25, 0.3) is 0 Å². The van der Waals surface area contributed by atoms with Crippen molar-refractivity contribution in [3.05, 3.63) is 30.6 Å². The Bertz CT molecular complexity index is 555. The van der Waals surface area contributed by atoms with E-state index in [1.165, 1.54) is 18.1 Å². The summed E-state index contributed by atoms with van der Waals surface area (Å²) in [4.78, 5) is 9.98. The highest BCUT2D eigenvalue weighted by Crippen LogP contribution is 2.35. The third-order valence-corrected chi connectivity index (χ3v) is 2.93. The van der Waals surface area contributed by atoms with Crippen LogP contribution in [0.5, 0.6) is 0 Å². The zero-order chi connectivity index (χ0) is 13.0. The molecule has 7 heteroatoms. The number of hydrogen-bond acceptors (Lipinski definition) is 5. The van der Waals surface area contributed by atoms with Crippen LogP contribution in [0, 0.1) is 17.8 Å². The molecule has 6 nitrogen and oxygen atoms in total. The second kappa shape index (κ2) is 5.02. The Balaban J connectivity index is 2.33. The molecule has 0 amide bonds. The second-order valence-corrected chi connectivity index (χ2v) is 4.07. The van der Waals surface area contributed by atoms with Gasteiger partial charge in [-0.3, -0.25) is 0 Å². The van der Waals surface area contributed by atoms with Gasteiger partial charge in [0.1, 0.15) is 6.33 Å². The summed E-state index contributed by atoms with van der Waals surface area (Å²) in [6.45, 7) is 0. The quantitative estimate of drug-likeness (QED) is 0.319. The molecule has 92 valence electrons. The smallest absolute Gasteiger partial charge is 0.384 e. The Morgan fingerprint density at radius 1 is 1.56 bits per heavy atom. The number of methoxy groups -OCH3 is 1. The lowest BCUT2D eigenvalue weighted by molar-refractivity contribution is -0.133. The van der Waals surface area contributed by atoms with Gasteiger partial charge >= 0.3 is 5.97 Å². The molecule has 1 aliphatic carbocycles. The van der Waals surface area contributed by atoms with Crippen molar-refractivity contribution in [3.8, 4) is 11.8 Å². The van der Waals surface area contributed by atoms with Gasteiger partial charge in [-0.1, -0.05) is 35.7 Å². The summed E-state index contributed by atoms with van der Waals surface area (Å²) >= 11 is 6.46. The SMILES string of the molecule is COC(=O)C#CC1C=CC=CC1(Cl)n1cnnn1. The predicted molar refractivity (Wildman–Crippen MR) is 63.2 cm³/mol. The Hall–Kier alpha value is -2.13. The zero-order valence-electron chi connectivity index (χ0n) is 9.45. The normalized spacial score (nSPS) is 25.3. The van der Waals surface area contributed by atoms with Gasteiger partial charge in [0.25, 0.3) is 0 Å². The first-order chi connectivity index (χ1) is 8.66. The largest absolute Gasteiger partial charge is 0.459 e. The van der Waals surface area contributed by atoms with Crippen molar-refractivity contribution in [2.45, 2.75) is 5.00 Å². The van der Waals surface area contributed by atoms with Crippen molar-refractivity contribution < 1.29 is 9.53 Å². The van der Waals surface area contributed by atoms with Gasteiger partial charge in [0, 0.05) is 5.92 Å². The molecule has 2 unspecified atom stereocenters. The number of carbonyl (C=O) groups excluding carboxylic acids is 1. The molecule has 0 radical (unpaired) electrons. The maximum atomic E-state index is 11.0. The molecule has 1 aromatic heterocycles. The number of ether oxygens (including phenoxy) is 1. The monoisotopic (exact) mass is 264 g/mol. The highest BCUT2D eigenvalue weighted by Gasteiger charge is 2.36. The summed E-state index contributed by atoms with van der Waals surface area (Å²) in [5.74, 6) is 4.04. The van der Waals surface area contributed by atoms with Gasteiger partial charge in [-0.25, -0.2) is 9.48 Å². The first-order valence-corrected chi connectivity index (χ1v) is 5.42. The fraction of sp³-hybridized carbons (Fsp3) is 0.273. The van der Waals surface area contributed by atoms with E-state index in [2.05, 4.69) is 32.1 Å². The molecular formula is C11H9ClN4O2. The number of allylic oxidation sites excluding steroid dienone is 4. The third kappa shape index (κ3) is 2.26. The van der Waals surface area contributed by atoms with Gasteiger partial charge in [-0.15, -0.1) is 5.10 Å². The van der Waals surface area contributed by atoms with Crippen LogP contribution < -0.4 is 0 Å². The van der Waals surface area contributed by atoms with Crippen LogP contribution in [0.15, 0.2) is 30.6 Å². The van der Waals surface area contributed by atoms with Gasteiger partial charge in [-0.2, -0.15) is 0 Å². The van der Waals surface area contributed by atoms with Crippen LogP contribution in [0.4, 0.5) is 0 Å². The Kier molecular flexibility index (Phi) is 3.44. The van der Waals surface area contributed by atoms with Crippen LogP contribution in [-0.2, 0) is 14.5 Å². The molecule has 1 heterocycles. The fourth-order valence-electron chi connectivity index (χ4n) is 1.48. The molecule has 0 aliphatic heterocycles. The van der Waals surface area contributed by atoms with Gasteiger partial charge in [0.05, 0.1) is 13.0 Å². The summed E-state index contributed by atoms with van der Waals surface area (Å²) in [6.07, 6.45) is 8.43. The molecule has 0 N–H and O–H groups in total. The van der Waals surface area contributed by atoms with Crippen molar-refractivity contribution in [3.63, 3.8) is 0 Å². The first-order valence-electron chi connectivity index (χ1n) is 5.04. The van der Waals surface area contributed by atoms with E-state index in [0.29, 0.717) is 0 Å². The van der Waals surface area contributed by atoms with Gasteiger partial charge in [-0.05, 0) is 16.5 Å². The molecule has 18 heavy (non-hydrogen) atoms. The van der Waals surface area contributed by atoms with E-state index in [4.69, 9.17) is 11.6 Å². The molecule has 0 bridgehead atoms. The maximum Gasteiger partial charge on any atom is 0.384 e. The fourth-order valence-corrected chi connectivity index (χ4v) is 1.76. The Labute approximate surface area is 108 Å². The third-order valence-electron chi connectivity index (χ3n) is 2.40. The van der Waals surface area contributed by atoms with E-state index in [1.54, 1.807) is 24.3 Å². The van der Waals surface area contributed by atoms with E-state index in [1.807, 2.05) is 0 Å². The number of hydrogen-bond donors (Lipinski definition) is 0. The number of alkyl halides is 1. The van der Waals surface area contributed by atoms with Crippen LogP contribution in [0.1, 0.15) is 0 Å². The standard InChI is InChI=1S/C11H9ClN4O2/c1-18-10(17)6-5-9-4-2-3-7-11(9,12)16-8-13-14-15-16/h2-4,7-9H,1H3. The van der Waals surface area contributed by atoms with E-state index in [0.717, 1.165) is 0 Å². The molecule has 0 saturated carbocycles. The summed E-state index contributed by atoms with van der Waals surface area (Å²) in [5, 5.41) is 10.8. The van der Waals surface area contributed by atoms with E-state index < -0.39 is 16.9 Å². The van der Waals surface area contributed by atoms with Crippen molar-refractivity contribution in [1.82, 2.24) is 20.2 Å². The molecule has 0 aromatic carbocycles. The van der Waals surface area contributed by atoms with Crippen molar-refractivity contribution in [1.29, 1.82) is 0 Å². The molecule has 2 rings (SSSR count). The van der Waals surface area contributed by atoms with Crippen molar-refractivity contribution in [2.75, 3.05) is 7.11 Å². The molecular weight excluding hydrogens is 256 g/mol. The van der Waals surface area contributed by atoms with Crippen LogP contribution in [0.2, 0.25) is 0 Å². The number of nitrogens with zero attached hydrogens (tertiary/aromatic N) is 4. The molecule has 1 aromatic rings. The van der Waals surface area contributed by atoms with Crippen LogP contribution in [0.3, 0.4) is 0 Å². The molecule has 0 spiro atoms. The minimum Gasteiger partial charge on any atom is -0.459 e. The first kappa shape index (κ1) is 12.3. The summed E-state index contributed by atoms with van der Waals surface area (Å²) in [7, 11) is 1.27. The second-order valence-electron chi connectivity index (χ2n) is 3.46. The number of tetrazole rings is 1. The molecule has 0 fully saturated rings. The highest BCUT2D eigenvalue weighted by molar-refractivity contribution is 6.24. The lowest BCUT2D eigenvalue weighted by atomic mass is 9.95. The molecule has 2 atom stereocenters. The molecule has 0 saturated heterocycles. The zero-order valence-corrected chi connectivity index (χ0v) is 10.2. The number of rotatable bonds is 1. The van der Waals surface area contributed by atoms with Gasteiger partial charge in [0.2, 0.25) is 0 Å². The summed E-state index contributed by atoms with van der Waals surface area (Å²) < 4.78 is 5.84. The maximum absolute atomic E-state index is 11.0. The average molecular weight is 265 g/mol. The van der Waals surface area contributed by atoms with E-state index >= 15 is 0 Å². The van der Waals surface area contributed by atoms with E-state index in [-0.39, 0.29) is 0 Å². The minimum absolute atomic E-state index is 0.438. The molecule has 1 aliphatic rings. The van der Waals surface area contributed by atoms with E-state index in [9.17, 15) is 4.79 Å². The minimum atomic E-state index is -1.04. The van der Waals surface area contributed by atoms with Crippen molar-refractivity contribution >= 4 is 17.6 Å². The van der Waals surface area contributed by atoms with Crippen molar-refractivity contribution in [2.24, 2.45) is 5.92 Å². The Morgan fingerprint density at radius 2 is 2.39 bits per heavy atom. The number of aromatic nitrogens is 4. The van der Waals surface area contributed by atoms with Gasteiger partial charge < -0.3 is 4.74 Å². The number of halogens is 1. The topological polar surface area (TPSA) is 69.9 Å². The lowest BCUT2D eigenvalue weighted by Gasteiger charge is -2.28. The Morgan fingerprint density at radius 3 is 3.06 bits per heavy atom. The number of carbonyl (C=O) groups is 1.